The van der Waals surface area contributed by atoms with Crippen molar-refractivity contribution in [3.05, 3.63) is 48.6 Å². The molecule has 0 saturated carbocycles. The molecule has 0 spiro atoms. The molecular weight excluding hydrogens is 146 g/mol. The Morgan fingerprint density at radius 1 is 1.42 bits per heavy atom. The van der Waals surface area contributed by atoms with E-state index >= 15 is 0 Å². The summed E-state index contributed by atoms with van der Waals surface area (Å²) < 4.78 is 0. The first-order valence-electron chi connectivity index (χ1n) is 4.24. The molecule has 0 saturated heterocycles. The smallest absolute Gasteiger partial charge is 0.0294 e. The number of nitrogens with one attached hydrogen (secondary N) is 1. The lowest BCUT2D eigenvalue weighted by Gasteiger charge is -2.11. The lowest BCUT2D eigenvalue weighted by Crippen LogP contribution is -2.17. The third-order valence-corrected chi connectivity index (χ3v) is 1.87. The Labute approximate surface area is 74.1 Å². The maximum absolute atomic E-state index is 3.66. The van der Waals surface area contributed by atoms with E-state index in [9.17, 15) is 0 Å². The zero-order valence-corrected chi connectivity index (χ0v) is 7.46. The lowest BCUT2D eigenvalue weighted by atomic mass is 10.1. The van der Waals surface area contributed by atoms with Gasteiger partial charge < -0.3 is 5.32 Å². The van der Waals surface area contributed by atoms with Crippen molar-refractivity contribution in [3.8, 4) is 0 Å². The number of hydrogen-bond donors (Lipinski definition) is 1. The summed E-state index contributed by atoms with van der Waals surface area (Å²) in [5, 5.41) is 3.33. The molecular formula is C11H15N. The minimum absolute atomic E-state index is 0.407. The van der Waals surface area contributed by atoms with Crippen molar-refractivity contribution in [2.45, 2.75) is 13.0 Å². The van der Waals surface area contributed by atoms with Gasteiger partial charge in [0.2, 0.25) is 0 Å². The molecule has 1 N–H and O–H groups in total. The van der Waals surface area contributed by atoms with Crippen molar-refractivity contribution in [1.29, 1.82) is 0 Å². The summed E-state index contributed by atoms with van der Waals surface area (Å²) in [6, 6.07) is 10.8. The van der Waals surface area contributed by atoms with Gasteiger partial charge in [-0.1, -0.05) is 36.4 Å². The highest BCUT2D eigenvalue weighted by Crippen LogP contribution is 2.10. The molecule has 12 heavy (non-hydrogen) atoms. The van der Waals surface area contributed by atoms with Crippen molar-refractivity contribution in [1.82, 2.24) is 5.32 Å². The van der Waals surface area contributed by atoms with E-state index in [1.165, 1.54) is 5.56 Å². The predicted octanol–water partition coefficient (Wildman–Crippen LogP) is 2.52. The Balaban J connectivity index is 2.53. The molecule has 0 fully saturated rings. The average Bonchev–Trinajstić information content (AvgIpc) is 2.15. The molecule has 0 amide bonds. The maximum atomic E-state index is 3.66. The van der Waals surface area contributed by atoms with Gasteiger partial charge in [-0.05, 0) is 12.5 Å². The van der Waals surface area contributed by atoms with Crippen molar-refractivity contribution in [2.24, 2.45) is 0 Å². The second-order valence-corrected chi connectivity index (χ2v) is 2.83. The second kappa shape index (κ2) is 4.73. The van der Waals surface area contributed by atoms with Crippen LogP contribution in [0.5, 0.6) is 0 Å². The quantitative estimate of drug-likeness (QED) is 0.669. The highest BCUT2D eigenvalue weighted by Gasteiger charge is 2.00. The summed E-state index contributed by atoms with van der Waals surface area (Å²) in [7, 11) is 0. The SMILES string of the molecule is C=CCN[C@@H](C)c1ccccc1. The highest BCUT2D eigenvalue weighted by molar-refractivity contribution is 5.18. The minimum atomic E-state index is 0.407. The molecule has 0 heterocycles. The Bertz CT molecular complexity index is 228. The summed E-state index contributed by atoms with van der Waals surface area (Å²) in [4.78, 5) is 0. The fourth-order valence-electron chi connectivity index (χ4n) is 1.12. The maximum Gasteiger partial charge on any atom is 0.0294 e. The monoisotopic (exact) mass is 161 g/mol. The van der Waals surface area contributed by atoms with Crippen molar-refractivity contribution in [2.75, 3.05) is 6.54 Å². The van der Waals surface area contributed by atoms with Crippen LogP contribution >= 0.6 is 0 Å². The fraction of sp³-hybridized carbons (Fsp3) is 0.273. The predicted molar refractivity (Wildman–Crippen MR) is 53.1 cm³/mol. The zero-order valence-electron chi connectivity index (χ0n) is 7.46. The van der Waals surface area contributed by atoms with Gasteiger partial charge in [0.1, 0.15) is 0 Å². The normalized spacial score (nSPS) is 12.4. The summed E-state index contributed by atoms with van der Waals surface area (Å²) in [6.07, 6.45) is 1.87. The molecule has 1 aromatic rings. The highest BCUT2D eigenvalue weighted by atomic mass is 14.9. The van der Waals surface area contributed by atoms with Crippen LogP contribution in [0.4, 0.5) is 0 Å². The Morgan fingerprint density at radius 3 is 2.67 bits per heavy atom. The van der Waals surface area contributed by atoms with Gasteiger partial charge in [0.15, 0.2) is 0 Å². The molecule has 1 nitrogen and oxygen atoms in total. The van der Waals surface area contributed by atoms with Crippen LogP contribution < -0.4 is 5.32 Å². The van der Waals surface area contributed by atoms with Crippen molar-refractivity contribution >= 4 is 0 Å². The molecule has 0 bridgehead atoms. The first-order chi connectivity index (χ1) is 5.84. The van der Waals surface area contributed by atoms with E-state index in [0.717, 1.165) is 6.54 Å². The van der Waals surface area contributed by atoms with Gasteiger partial charge in [-0.2, -0.15) is 0 Å². The third kappa shape index (κ3) is 2.51. The molecule has 0 aliphatic heterocycles. The van der Waals surface area contributed by atoms with E-state index in [-0.39, 0.29) is 0 Å². The first-order valence-corrected chi connectivity index (χ1v) is 4.24. The van der Waals surface area contributed by atoms with Crippen LogP contribution in [0.2, 0.25) is 0 Å². The molecule has 0 aromatic heterocycles. The average molecular weight is 161 g/mol. The van der Waals surface area contributed by atoms with E-state index < -0.39 is 0 Å². The minimum Gasteiger partial charge on any atom is -0.307 e. The fourth-order valence-corrected chi connectivity index (χ4v) is 1.12. The largest absolute Gasteiger partial charge is 0.307 e. The molecule has 0 radical (unpaired) electrons. The molecule has 1 heteroatoms. The molecule has 0 aliphatic carbocycles. The van der Waals surface area contributed by atoms with Crippen LogP contribution in [0.3, 0.4) is 0 Å². The van der Waals surface area contributed by atoms with Gasteiger partial charge in [0.05, 0.1) is 0 Å². The van der Waals surface area contributed by atoms with Gasteiger partial charge in [-0.25, -0.2) is 0 Å². The van der Waals surface area contributed by atoms with Crippen LogP contribution in [0.25, 0.3) is 0 Å². The summed E-state index contributed by atoms with van der Waals surface area (Å²) in [5.41, 5.74) is 1.32. The first kappa shape index (κ1) is 9.01. The summed E-state index contributed by atoms with van der Waals surface area (Å²) >= 11 is 0. The number of benzene rings is 1. The second-order valence-electron chi connectivity index (χ2n) is 2.83. The Hall–Kier alpha value is -1.08. The molecule has 1 rings (SSSR count). The van der Waals surface area contributed by atoms with Crippen molar-refractivity contribution in [3.63, 3.8) is 0 Å². The van der Waals surface area contributed by atoms with E-state index in [4.69, 9.17) is 0 Å². The Morgan fingerprint density at radius 2 is 2.08 bits per heavy atom. The van der Waals surface area contributed by atoms with E-state index in [1.54, 1.807) is 0 Å². The molecule has 1 aromatic carbocycles. The van der Waals surface area contributed by atoms with Gasteiger partial charge >= 0.3 is 0 Å². The van der Waals surface area contributed by atoms with Crippen LogP contribution in [-0.4, -0.2) is 6.54 Å². The zero-order chi connectivity index (χ0) is 8.81. The van der Waals surface area contributed by atoms with Crippen LogP contribution in [0.1, 0.15) is 18.5 Å². The third-order valence-electron chi connectivity index (χ3n) is 1.87. The summed E-state index contributed by atoms with van der Waals surface area (Å²) in [5.74, 6) is 0. The van der Waals surface area contributed by atoms with Crippen molar-refractivity contribution < 1.29 is 0 Å². The van der Waals surface area contributed by atoms with E-state index in [2.05, 4.69) is 43.1 Å². The molecule has 0 aliphatic rings. The van der Waals surface area contributed by atoms with Gasteiger partial charge in [0.25, 0.3) is 0 Å². The number of rotatable bonds is 4. The van der Waals surface area contributed by atoms with Crippen LogP contribution in [-0.2, 0) is 0 Å². The Kier molecular flexibility index (Phi) is 3.55. The summed E-state index contributed by atoms with van der Waals surface area (Å²) in [6.45, 7) is 6.67. The number of hydrogen-bond acceptors (Lipinski definition) is 1. The van der Waals surface area contributed by atoms with E-state index in [1.807, 2.05) is 12.1 Å². The van der Waals surface area contributed by atoms with Gasteiger partial charge in [-0.15, -0.1) is 6.58 Å². The van der Waals surface area contributed by atoms with E-state index in [0.29, 0.717) is 6.04 Å². The molecule has 1 atom stereocenters. The molecule has 0 unspecified atom stereocenters. The topological polar surface area (TPSA) is 12.0 Å². The van der Waals surface area contributed by atoms with Gasteiger partial charge in [0, 0.05) is 12.6 Å². The van der Waals surface area contributed by atoms with Crippen LogP contribution in [0.15, 0.2) is 43.0 Å². The lowest BCUT2D eigenvalue weighted by molar-refractivity contribution is 0.618. The molecule has 64 valence electrons. The standard InChI is InChI=1S/C11H15N/c1-3-9-12-10(2)11-7-5-4-6-8-11/h3-8,10,12H,1,9H2,2H3/t10-/m0/s1. The van der Waals surface area contributed by atoms with Gasteiger partial charge in [-0.3, -0.25) is 0 Å². The van der Waals surface area contributed by atoms with Crippen LogP contribution in [0, 0.1) is 0 Å².